The van der Waals surface area contributed by atoms with Crippen molar-refractivity contribution in [3.63, 3.8) is 0 Å². The molecular weight excluding hydrogens is 354 g/mol. The van der Waals surface area contributed by atoms with Gasteiger partial charge in [-0.3, -0.25) is 19.9 Å². The van der Waals surface area contributed by atoms with E-state index in [9.17, 15) is 9.59 Å². The Hall–Kier alpha value is -2.37. The number of guanidine groups is 1. The van der Waals surface area contributed by atoms with Crippen molar-refractivity contribution in [3.8, 4) is 0 Å². The van der Waals surface area contributed by atoms with Crippen LogP contribution in [0.1, 0.15) is 71.1 Å². The van der Waals surface area contributed by atoms with E-state index in [0.29, 0.717) is 6.42 Å². The normalized spacial score (nSPS) is 11.5. The number of nitrogens with one attached hydrogen (secondary N) is 2. The van der Waals surface area contributed by atoms with Crippen LogP contribution >= 0.6 is 0 Å². The fraction of sp³-hybridized carbons (Fsp3) is 0.591. The summed E-state index contributed by atoms with van der Waals surface area (Å²) in [5, 5.41) is 19.0. The molecule has 6 heteroatoms. The van der Waals surface area contributed by atoms with E-state index in [1.807, 2.05) is 0 Å². The Kier molecular flexibility index (Phi) is 16.5. The lowest BCUT2D eigenvalue weighted by molar-refractivity contribution is -0.141. The molecule has 0 atom stereocenters. The van der Waals surface area contributed by atoms with Gasteiger partial charge in [-0.25, -0.2) is 0 Å². The number of allylic oxidation sites excluding steroid dienone is 6. The van der Waals surface area contributed by atoms with Gasteiger partial charge in [-0.15, -0.1) is 0 Å². The molecule has 0 aromatic rings. The molecule has 0 aliphatic rings. The molecule has 0 bridgehead atoms. The first-order chi connectivity index (χ1) is 13.5. The summed E-state index contributed by atoms with van der Waals surface area (Å²) in [6, 6.07) is 0. The minimum atomic E-state index is -1.13. The van der Waals surface area contributed by atoms with Gasteiger partial charge in [0, 0.05) is 13.5 Å². The van der Waals surface area contributed by atoms with Crippen molar-refractivity contribution in [3.05, 3.63) is 36.5 Å². The highest BCUT2D eigenvalue weighted by Gasteiger charge is 2.19. The first kappa shape index (κ1) is 25.6. The summed E-state index contributed by atoms with van der Waals surface area (Å²) < 4.78 is 0. The smallest absolute Gasteiger partial charge is 0.323 e. The molecule has 0 aromatic heterocycles. The Morgan fingerprint density at radius 3 is 1.96 bits per heavy atom. The van der Waals surface area contributed by atoms with Crippen molar-refractivity contribution < 1.29 is 14.7 Å². The second-order valence-corrected chi connectivity index (χ2v) is 6.60. The van der Waals surface area contributed by atoms with Crippen LogP contribution in [0.2, 0.25) is 0 Å². The van der Waals surface area contributed by atoms with Crippen LogP contribution in [-0.2, 0) is 9.59 Å². The SMILES string of the molecule is CCCCC/C=C\C/C=C\C/C=C\CCCCC(=O)N(CC(=O)O)C(=N)NC. The average molecular weight is 392 g/mol. The van der Waals surface area contributed by atoms with Crippen LogP contribution in [0.4, 0.5) is 0 Å². The van der Waals surface area contributed by atoms with Crippen LogP contribution in [0.5, 0.6) is 0 Å². The lowest BCUT2D eigenvalue weighted by atomic mass is 10.1. The van der Waals surface area contributed by atoms with Crippen molar-refractivity contribution in [2.45, 2.75) is 71.1 Å². The van der Waals surface area contributed by atoms with Gasteiger partial charge in [0.05, 0.1) is 0 Å². The summed E-state index contributed by atoms with van der Waals surface area (Å²) in [7, 11) is 1.49. The van der Waals surface area contributed by atoms with Crippen LogP contribution in [0.15, 0.2) is 36.5 Å². The van der Waals surface area contributed by atoms with E-state index in [0.717, 1.165) is 30.6 Å². The van der Waals surface area contributed by atoms with Crippen molar-refractivity contribution >= 4 is 17.8 Å². The zero-order valence-electron chi connectivity index (χ0n) is 17.5. The molecule has 0 fully saturated rings. The molecular formula is C22H37N3O3. The predicted octanol–water partition coefficient (Wildman–Crippen LogP) is 4.64. The zero-order valence-corrected chi connectivity index (χ0v) is 17.5. The Bertz CT molecular complexity index is 539. The number of hydrogen-bond acceptors (Lipinski definition) is 3. The molecule has 0 spiro atoms. The number of carbonyl (C=O) groups excluding carboxylic acids is 1. The van der Waals surface area contributed by atoms with Gasteiger partial charge in [0.2, 0.25) is 5.91 Å². The van der Waals surface area contributed by atoms with Gasteiger partial charge in [0.25, 0.3) is 0 Å². The van der Waals surface area contributed by atoms with Gasteiger partial charge in [0.1, 0.15) is 6.54 Å². The molecule has 0 unspecified atom stereocenters. The van der Waals surface area contributed by atoms with E-state index < -0.39 is 12.5 Å². The minimum absolute atomic E-state index is 0.185. The summed E-state index contributed by atoms with van der Waals surface area (Å²) in [6.07, 6.45) is 22.6. The summed E-state index contributed by atoms with van der Waals surface area (Å²) in [5.41, 5.74) is 0. The van der Waals surface area contributed by atoms with Gasteiger partial charge in [-0.1, -0.05) is 56.2 Å². The van der Waals surface area contributed by atoms with Crippen molar-refractivity contribution in [2.24, 2.45) is 0 Å². The van der Waals surface area contributed by atoms with Crippen LogP contribution in [0.25, 0.3) is 0 Å². The van der Waals surface area contributed by atoms with Crippen molar-refractivity contribution in [1.82, 2.24) is 10.2 Å². The molecule has 158 valence electrons. The van der Waals surface area contributed by atoms with E-state index in [2.05, 4.69) is 48.7 Å². The highest BCUT2D eigenvalue weighted by molar-refractivity contribution is 5.98. The Morgan fingerprint density at radius 1 is 0.929 bits per heavy atom. The third-order valence-corrected chi connectivity index (χ3v) is 4.13. The quantitative estimate of drug-likeness (QED) is 0.164. The largest absolute Gasteiger partial charge is 0.480 e. The molecule has 0 saturated carbocycles. The number of amides is 1. The van der Waals surface area contributed by atoms with Crippen LogP contribution in [-0.4, -0.2) is 41.4 Å². The fourth-order valence-corrected chi connectivity index (χ4v) is 2.53. The van der Waals surface area contributed by atoms with E-state index >= 15 is 0 Å². The van der Waals surface area contributed by atoms with E-state index in [1.165, 1.54) is 32.7 Å². The summed E-state index contributed by atoms with van der Waals surface area (Å²) >= 11 is 0. The number of hydrogen-bond donors (Lipinski definition) is 3. The second-order valence-electron chi connectivity index (χ2n) is 6.60. The molecule has 28 heavy (non-hydrogen) atoms. The standard InChI is InChI=1S/C22H37N3O3/c1-3-4-5-6-7-8-9-10-11-12-13-14-15-16-17-18-20(26)25(19-21(27)28)22(23)24-2/h7-8,10-11,13-14H,3-6,9,12,15-19H2,1-2H3,(H2,23,24)(H,27,28)/b8-7-,11-10-,14-13-. The number of carboxylic acids is 1. The van der Waals surface area contributed by atoms with Gasteiger partial charge in [0.15, 0.2) is 5.96 Å². The van der Waals surface area contributed by atoms with Gasteiger partial charge < -0.3 is 10.4 Å². The van der Waals surface area contributed by atoms with Crippen LogP contribution in [0, 0.1) is 5.41 Å². The van der Waals surface area contributed by atoms with Crippen molar-refractivity contribution in [1.29, 1.82) is 5.41 Å². The van der Waals surface area contributed by atoms with Gasteiger partial charge >= 0.3 is 5.97 Å². The predicted molar refractivity (Wildman–Crippen MR) is 115 cm³/mol. The summed E-state index contributed by atoms with van der Waals surface area (Å²) in [6.45, 7) is 1.73. The van der Waals surface area contributed by atoms with Crippen molar-refractivity contribution in [2.75, 3.05) is 13.6 Å². The molecule has 3 N–H and O–H groups in total. The summed E-state index contributed by atoms with van der Waals surface area (Å²) in [4.78, 5) is 23.8. The number of carbonyl (C=O) groups is 2. The van der Waals surface area contributed by atoms with E-state index in [4.69, 9.17) is 10.5 Å². The first-order valence-electron chi connectivity index (χ1n) is 10.3. The lowest BCUT2D eigenvalue weighted by Gasteiger charge is -2.20. The molecule has 1 amide bonds. The monoisotopic (exact) mass is 391 g/mol. The molecule has 0 radical (unpaired) electrons. The molecule has 0 rings (SSSR count). The maximum Gasteiger partial charge on any atom is 0.323 e. The van der Waals surface area contributed by atoms with Crippen LogP contribution < -0.4 is 5.32 Å². The number of unbranched alkanes of at least 4 members (excludes halogenated alkanes) is 5. The third kappa shape index (κ3) is 14.8. The Labute approximate surface area is 169 Å². The highest BCUT2D eigenvalue weighted by atomic mass is 16.4. The lowest BCUT2D eigenvalue weighted by Crippen LogP contribution is -2.45. The van der Waals surface area contributed by atoms with E-state index in [-0.39, 0.29) is 18.3 Å². The van der Waals surface area contributed by atoms with Crippen LogP contribution in [0.3, 0.4) is 0 Å². The van der Waals surface area contributed by atoms with E-state index in [1.54, 1.807) is 0 Å². The summed E-state index contributed by atoms with van der Waals surface area (Å²) in [5.74, 6) is -1.65. The number of rotatable bonds is 15. The second kappa shape index (κ2) is 18.0. The maximum absolute atomic E-state index is 12.1. The molecule has 0 saturated heterocycles. The average Bonchev–Trinajstić information content (AvgIpc) is 2.68. The number of aliphatic carboxylic acids is 1. The zero-order chi connectivity index (χ0) is 21.0. The van der Waals surface area contributed by atoms with Gasteiger partial charge in [-0.2, -0.15) is 0 Å². The minimum Gasteiger partial charge on any atom is -0.480 e. The maximum atomic E-state index is 12.1. The molecule has 0 aliphatic carbocycles. The first-order valence-corrected chi connectivity index (χ1v) is 10.3. The highest BCUT2D eigenvalue weighted by Crippen LogP contribution is 2.05. The molecule has 0 heterocycles. The molecule has 6 nitrogen and oxygen atoms in total. The fourth-order valence-electron chi connectivity index (χ4n) is 2.53. The Morgan fingerprint density at radius 2 is 1.46 bits per heavy atom. The number of nitrogens with zero attached hydrogens (tertiary/aromatic N) is 1. The third-order valence-electron chi connectivity index (χ3n) is 4.13. The molecule has 0 aliphatic heterocycles. The molecule has 0 aromatic carbocycles. The topological polar surface area (TPSA) is 93.5 Å². The number of carboxylic acid groups (broad SMARTS) is 1. The Balaban J connectivity index is 3.83. The van der Waals surface area contributed by atoms with Gasteiger partial charge in [-0.05, 0) is 44.9 Å².